The number of anilines is 1. The minimum atomic E-state index is -1.03. The van der Waals surface area contributed by atoms with Crippen molar-refractivity contribution in [2.24, 2.45) is 0 Å². The summed E-state index contributed by atoms with van der Waals surface area (Å²) in [6, 6.07) is 12.0. The average Bonchev–Trinajstić information content (AvgIpc) is 3.39. The number of carboxylic acids is 1. The maximum atomic E-state index is 14.9. The minimum Gasteiger partial charge on any atom is -0.478 e. The summed E-state index contributed by atoms with van der Waals surface area (Å²) in [5.74, 6) is -1.46. The van der Waals surface area contributed by atoms with Gasteiger partial charge in [-0.05, 0) is 35.9 Å². The Morgan fingerprint density at radius 1 is 1.28 bits per heavy atom. The molecular weight excluding hydrogens is 415 g/mol. The van der Waals surface area contributed by atoms with Crippen molar-refractivity contribution in [2.45, 2.75) is 19.6 Å². The third kappa shape index (κ3) is 4.62. The van der Waals surface area contributed by atoms with Crippen LogP contribution in [0.1, 0.15) is 22.8 Å². The lowest BCUT2D eigenvalue weighted by Gasteiger charge is -2.15. The Hall–Kier alpha value is -3.72. The summed E-state index contributed by atoms with van der Waals surface area (Å²) in [4.78, 5) is 24.6. The van der Waals surface area contributed by atoms with Crippen LogP contribution in [0.4, 0.5) is 14.9 Å². The van der Waals surface area contributed by atoms with Gasteiger partial charge in [0.1, 0.15) is 11.9 Å². The first-order valence-corrected chi connectivity index (χ1v) is 10.3. The van der Waals surface area contributed by atoms with E-state index in [1.165, 1.54) is 28.0 Å². The van der Waals surface area contributed by atoms with Crippen molar-refractivity contribution in [2.75, 3.05) is 24.5 Å². The molecule has 0 unspecified atom stereocenters. The minimum absolute atomic E-state index is 0.124. The first-order valence-electron chi connectivity index (χ1n) is 10.3. The summed E-state index contributed by atoms with van der Waals surface area (Å²) in [6.07, 6.45) is 2.01. The van der Waals surface area contributed by atoms with E-state index in [0.717, 1.165) is 12.1 Å². The number of cyclic esters (lactones) is 1. The van der Waals surface area contributed by atoms with Crippen molar-refractivity contribution in [3.8, 4) is 11.1 Å². The zero-order valence-electron chi connectivity index (χ0n) is 17.5. The number of aromatic carboxylic acids is 1. The summed E-state index contributed by atoms with van der Waals surface area (Å²) in [5.41, 5.74) is 2.60. The van der Waals surface area contributed by atoms with E-state index in [1.807, 2.05) is 19.1 Å². The Bertz CT molecular complexity index is 1130. The summed E-state index contributed by atoms with van der Waals surface area (Å²) in [6.45, 7) is 4.08. The SMILES string of the molecule is CCNC[C@H]1CN(c2ccc(-c3ccc(Cn4cc(C(=O)O)cn4)cc3)c(F)c2)C(=O)O1. The number of rotatable bonds is 8. The van der Waals surface area contributed by atoms with E-state index in [4.69, 9.17) is 9.84 Å². The van der Waals surface area contributed by atoms with E-state index in [1.54, 1.807) is 24.3 Å². The van der Waals surface area contributed by atoms with E-state index < -0.39 is 17.9 Å². The molecule has 2 N–H and O–H groups in total. The number of nitrogens with one attached hydrogen (secondary N) is 1. The van der Waals surface area contributed by atoms with E-state index in [9.17, 15) is 14.0 Å². The Kier molecular flexibility index (Phi) is 6.18. The molecule has 3 aromatic rings. The van der Waals surface area contributed by atoms with Crippen LogP contribution >= 0.6 is 0 Å². The van der Waals surface area contributed by atoms with Crippen molar-refractivity contribution < 1.29 is 23.8 Å². The molecule has 2 aromatic carbocycles. The Morgan fingerprint density at radius 2 is 2.06 bits per heavy atom. The van der Waals surface area contributed by atoms with Crippen LogP contribution in [-0.2, 0) is 11.3 Å². The van der Waals surface area contributed by atoms with Crippen molar-refractivity contribution in [3.63, 3.8) is 0 Å². The van der Waals surface area contributed by atoms with Gasteiger partial charge < -0.3 is 15.2 Å². The third-order valence-corrected chi connectivity index (χ3v) is 5.25. The van der Waals surface area contributed by atoms with E-state index in [-0.39, 0.29) is 11.7 Å². The highest BCUT2D eigenvalue weighted by atomic mass is 19.1. The molecule has 9 heteroatoms. The maximum Gasteiger partial charge on any atom is 0.414 e. The van der Waals surface area contributed by atoms with Crippen molar-refractivity contribution in [1.82, 2.24) is 15.1 Å². The van der Waals surface area contributed by atoms with Gasteiger partial charge in [-0.3, -0.25) is 9.58 Å². The second-order valence-corrected chi connectivity index (χ2v) is 7.52. The van der Waals surface area contributed by atoms with Crippen LogP contribution in [0, 0.1) is 5.82 Å². The lowest BCUT2D eigenvalue weighted by Crippen LogP contribution is -2.30. The van der Waals surface area contributed by atoms with Crippen molar-refractivity contribution >= 4 is 17.7 Å². The molecule has 0 spiro atoms. The number of likely N-dealkylation sites (N-methyl/N-ethyl adjacent to an activating group) is 1. The number of carboxylic acid groups (broad SMARTS) is 1. The molecule has 0 bridgehead atoms. The van der Waals surface area contributed by atoms with Gasteiger partial charge in [0.25, 0.3) is 0 Å². The van der Waals surface area contributed by atoms with Crippen LogP contribution in [0.15, 0.2) is 54.9 Å². The van der Waals surface area contributed by atoms with Gasteiger partial charge in [0.2, 0.25) is 0 Å². The highest BCUT2D eigenvalue weighted by Gasteiger charge is 2.32. The summed E-state index contributed by atoms with van der Waals surface area (Å²) >= 11 is 0. The molecule has 1 saturated heterocycles. The molecule has 166 valence electrons. The Morgan fingerprint density at radius 3 is 2.72 bits per heavy atom. The smallest absolute Gasteiger partial charge is 0.414 e. The number of halogens is 1. The second kappa shape index (κ2) is 9.19. The number of carbonyl (C=O) groups is 2. The number of carbonyl (C=O) groups excluding carboxylic acids is 1. The van der Waals surface area contributed by atoms with Crippen LogP contribution in [0.5, 0.6) is 0 Å². The molecule has 4 rings (SSSR count). The Labute approximate surface area is 184 Å². The van der Waals surface area contributed by atoms with Crippen LogP contribution in [0.2, 0.25) is 0 Å². The molecule has 8 nitrogen and oxygen atoms in total. The molecule has 1 fully saturated rings. The fourth-order valence-electron chi connectivity index (χ4n) is 3.59. The molecule has 1 aliphatic rings. The number of ether oxygens (including phenoxy) is 1. The zero-order chi connectivity index (χ0) is 22.7. The molecule has 2 heterocycles. The average molecular weight is 438 g/mol. The topological polar surface area (TPSA) is 96.7 Å². The second-order valence-electron chi connectivity index (χ2n) is 7.52. The lowest BCUT2D eigenvalue weighted by molar-refractivity contribution is 0.0696. The number of hydrogen-bond acceptors (Lipinski definition) is 5. The summed E-state index contributed by atoms with van der Waals surface area (Å²) < 4.78 is 21.7. The monoisotopic (exact) mass is 438 g/mol. The normalized spacial score (nSPS) is 15.8. The highest BCUT2D eigenvalue weighted by molar-refractivity contribution is 5.90. The van der Waals surface area contributed by atoms with Crippen molar-refractivity contribution in [1.29, 1.82) is 0 Å². The predicted molar refractivity (Wildman–Crippen MR) is 116 cm³/mol. The lowest BCUT2D eigenvalue weighted by atomic mass is 10.0. The molecule has 1 aliphatic heterocycles. The first-order chi connectivity index (χ1) is 15.4. The largest absolute Gasteiger partial charge is 0.478 e. The quantitative estimate of drug-likeness (QED) is 0.560. The molecule has 1 amide bonds. The summed E-state index contributed by atoms with van der Waals surface area (Å²) in [7, 11) is 0. The number of aromatic nitrogens is 2. The van der Waals surface area contributed by atoms with Gasteiger partial charge in [-0.2, -0.15) is 5.10 Å². The fourth-order valence-corrected chi connectivity index (χ4v) is 3.59. The molecular formula is C23H23FN4O4. The molecule has 1 aromatic heterocycles. The van der Waals surface area contributed by atoms with E-state index >= 15 is 0 Å². The maximum absolute atomic E-state index is 14.9. The van der Waals surface area contributed by atoms with Gasteiger partial charge in [-0.25, -0.2) is 14.0 Å². The number of benzene rings is 2. The highest BCUT2D eigenvalue weighted by Crippen LogP contribution is 2.29. The van der Waals surface area contributed by atoms with Crippen molar-refractivity contribution in [3.05, 3.63) is 71.8 Å². The van der Waals surface area contributed by atoms with Crippen LogP contribution in [-0.4, -0.2) is 52.7 Å². The number of hydrogen-bond donors (Lipinski definition) is 2. The molecule has 1 atom stereocenters. The number of amides is 1. The van der Waals surface area contributed by atoms with Gasteiger partial charge >= 0.3 is 12.1 Å². The first kappa shape index (κ1) is 21.5. The van der Waals surface area contributed by atoms with Gasteiger partial charge in [0.05, 0.1) is 30.5 Å². The number of nitrogens with zero attached hydrogens (tertiary/aromatic N) is 3. The van der Waals surface area contributed by atoms with Gasteiger partial charge in [0, 0.05) is 18.3 Å². The fraction of sp³-hybridized carbons (Fsp3) is 0.261. The molecule has 0 radical (unpaired) electrons. The molecule has 0 saturated carbocycles. The zero-order valence-corrected chi connectivity index (χ0v) is 17.5. The van der Waals surface area contributed by atoms with Gasteiger partial charge in [-0.15, -0.1) is 0 Å². The predicted octanol–water partition coefficient (Wildman–Crippen LogP) is 3.37. The van der Waals surface area contributed by atoms with Gasteiger partial charge in [-0.1, -0.05) is 31.2 Å². The van der Waals surface area contributed by atoms with Crippen LogP contribution in [0.3, 0.4) is 0 Å². The standard InChI is InChI=1S/C23H23FN4O4/c1-2-25-11-19-14-28(23(31)32-19)18-7-8-20(21(24)9-18)16-5-3-15(4-6-16)12-27-13-17(10-26-27)22(29)30/h3-10,13,19,25H,2,11-12,14H2,1H3,(H,29,30)/t19-/m0/s1. The van der Waals surface area contributed by atoms with Gasteiger partial charge in [0.15, 0.2) is 0 Å². The van der Waals surface area contributed by atoms with E-state index in [0.29, 0.717) is 36.4 Å². The summed E-state index contributed by atoms with van der Waals surface area (Å²) in [5, 5.41) is 16.2. The molecule has 0 aliphatic carbocycles. The van der Waals surface area contributed by atoms with Crippen LogP contribution < -0.4 is 10.2 Å². The van der Waals surface area contributed by atoms with E-state index in [2.05, 4.69) is 10.4 Å². The van der Waals surface area contributed by atoms with Crippen LogP contribution in [0.25, 0.3) is 11.1 Å². The molecule has 32 heavy (non-hydrogen) atoms. The third-order valence-electron chi connectivity index (χ3n) is 5.25. The Balaban J connectivity index is 1.46.